The topological polar surface area (TPSA) is 61.2 Å². The second-order valence-corrected chi connectivity index (χ2v) is 5.40. The molecule has 0 atom stereocenters. The van der Waals surface area contributed by atoms with Crippen LogP contribution < -0.4 is 15.5 Å². The van der Waals surface area contributed by atoms with E-state index in [9.17, 15) is 0 Å². The maximum absolute atomic E-state index is 5.84. The first-order valence-electron chi connectivity index (χ1n) is 7.05. The van der Waals surface area contributed by atoms with Crippen molar-refractivity contribution < 1.29 is 0 Å². The number of anilines is 4. The maximum atomic E-state index is 5.84. The van der Waals surface area contributed by atoms with Crippen molar-refractivity contribution in [1.29, 1.82) is 0 Å². The third-order valence-corrected chi connectivity index (χ3v) is 3.99. The Morgan fingerprint density at radius 3 is 2.76 bits per heavy atom. The zero-order valence-corrected chi connectivity index (χ0v) is 11.9. The van der Waals surface area contributed by atoms with Crippen LogP contribution >= 0.6 is 0 Å². The largest absolute Gasteiger partial charge is 0.399 e. The minimum Gasteiger partial charge on any atom is -0.399 e. The van der Waals surface area contributed by atoms with E-state index in [0.29, 0.717) is 0 Å². The second-order valence-electron chi connectivity index (χ2n) is 5.40. The summed E-state index contributed by atoms with van der Waals surface area (Å²) < 4.78 is 0. The molecule has 5 nitrogen and oxygen atoms in total. The van der Waals surface area contributed by atoms with Crippen LogP contribution in [-0.4, -0.2) is 30.1 Å². The Morgan fingerprint density at radius 2 is 1.90 bits per heavy atom. The molecule has 0 saturated carbocycles. The summed E-state index contributed by atoms with van der Waals surface area (Å²) in [6, 6.07) is 14.2. The SMILES string of the molecule is CN1CCN(c2nc3ccc(N)cc3[nH]2)c2ccccc21. The van der Waals surface area contributed by atoms with Gasteiger partial charge in [0.25, 0.3) is 0 Å². The first-order chi connectivity index (χ1) is 10.2. The van der Waals surface area contributed by atoms with Gasteiger partial charge in [0.05, 0.1) is 22.4 Å². The summed E-state index contributed by atoms with van der Waals surface area (Å²) in [4.78, 5) is 12.6. The summed E-state index contributed by atoms with van der Waals surface area (Å²) in [5.74, 6) is 0.871. The molecular weight excluding hydrogens is 262 g/mol. The van der Waals surface area contributed by atoms with Crippen molar-refractivity contribution in [2.45, 2.75) is 0 Å². The smallest absolute Gasteiger partial charge is 0.208 e. The maximum Gasteiger partial charge on any atom is 0.208 e. The van der Waals surface area contributed by atoms with E-state index in [1.54, 1.807) is 0 Å². The minimum absolute atomic E-state index is 0.747. The van der Waals surface area contributed by atoms with Crippen LogP contribution in [-0.2, 0) is 0 Å². The van der Waals surface area contributed by atoms with E-state index >= 15 is 0 Å². The minimum atomic E-state index is 0.747. The molecule has 21 heavy (non-hydrogen) atoms. The Hall–Kier alpha value is -2.69. The molecule has 5 heteroatoms. The second kappa shape index (κ2) is 4.41. The lowest BCUT2D eigenvalue weighted by Gasteiger charge is -2.35. The number of aromatic amines is 1. The molecule has 0 saturated heterocycles. The molecule has 3 aromatic rings. The third-order valence-electron chi connectivity index (χ3n) is 3.99. The number of aromatic nitrogens is 2. The number of H-pyrrole nitrogens is 1. The van der Waals surface area contributed by atoms with E-state index in [-0.39, 0.29) is 0 Å². The Balaban J connectivity index is 1.83. The third kappa shape index (κ3) is 1.89. The van der Waals surface area contributed by atoms with Crippen molar-refractivity contribution >= 4 is 34.0 Å². The summed E-state index contributed by atoms with van der Waals surface area (Å²) in [5, 5.41) is 0. The fourth-order valence-electron chi connectivity index (χ4n) is 2.87. The van der Waals surface area contributed by atoms with Gasteiger partial charge < -0.3 is 20.5 Å². The molecular formula is C16H17N5. The number of nitrogen functional groups attached to an aromatic ring is 1. The Bertz CT molecular complexity index is 807. The standard InChI is InChI=1S/C16H17N5/c1-20-8-9-21(15-5-3-2-4-14(15)20)16-18-12-7-6-11(17)10-13(12)19-16/h2-7,10H,8-9,17H2,1H3,(H,18,19). The van der Waals surface area contributed by atoms with Gasteiger partial charge in [-0.3, -0.25) is 0 Å². The predicted octanol–water partition coefficient (Wildman–Crippen LogP) is 2.73. The van der Waals surface area contributed by atoms with Crippen LogP contribution in [0, 0.1) is 0 Å². The average molecular weight is 279 g/mol. The molecule has 0 unspecified atom stereocenters. The molecule has 2 heterocycles. The van der Waals surface area contributed by atoms with Crippen LogP contribution in [0.3, 0.4) is 0 Å². The molecule has 1 aromatic heterocycles. The fourth-order valence-corrected chi connectivity index (χ4v) is 2.87. The van der Waals surface area contributed by atoms with E-state index in [2.05, 4.69) is 46.1 Å². The van der Waals surface area contributed by atoms with Crippen LogP contribution in [0.5, 0.6) is 0 Å². The van der Waals surface area contributed by atoms with Crippen LogP contribution in [0.2, 0.25) is 0 Å². The van der Waals surface area contributed by atoms with Gasteiger partial charge in [-0.1, -0.05) is 12.1 Å². The van der Waals surface area contributed by atoms with Crippen molar-refractivity contribution in [2.24, 2.45) is 0 Å². The van der Waals surface area contributed by atoms with Gasteiger partial charge in [0.2, 0.25) is 5.95 Å². The highest BCUT2D eigenvalue weighted by molar-refractivity contribution is 5.84. The van der Waals surface area contributed by atoms with Crippen LogP contribution in [0.25, 0.3) is 11.0 Å². The lowest BCUT2D eigenvalue weighted by Crippen LogP contribution is -2.36. The highest BCUT2D eigenvalue weighted by Crippen LogP contribution is 2.36. The number of imidazole rings is 1. The van der Waals surface area contributed by atoms with Crippen LogP contribution in [0.4, 0.5) is 23.0 Å². The number of rotatable bonds is 1. The van der Waals surface area contributed by atoms with Crippen molar-refractivity contribution in [3.05, 3.63) is 42.5 Å². The van der Waals surface area contributed by atoms with Gasteiger partial charge in [0.1, 0.15) is 0 Å². The number of benzene rings is 2. The molecule has 1 aliphatic heterocycles. The number of nitrogens with zero attached hydrogens (tertiary/aromatic N) is 3. The zero-order valence-electron chi connectivity index (χ0n) is 11.9. The van der Waals surface area contributed by atoms with Crippen molar-refractivity contribution in [3.8, 4) is 0 Å². The zero-order chi connectivity index (χ0) is 14.4. The van der Waals surface area contributed by atoms with Gasteiger partial charge in [-0.05, 0) is 30.3 Å². The van der Waals surface area contributed by atoms with Crippen molar-refractivity contribution in [1.82, 2.24) is 9.97 Å². The highest BCUT2D eigenvalue weighted by atomic mass is 15.3. The molecule has 0 spiro atoms. The van der Waals surface area contributed by atoms with Crippen molar-refractivity contribution in [2.75, 3.05) is 35.7 Å². The molecule has 4 rings (SSSR count). The summed E-state index contributed by atoms with van der Waals surface area (Å²) >= 11 is 0. The summed E-state index contributed by atoms with van der Waals surface area (Å²) in [5.41, 5.74) is 10.9. The normalized spacial score (nSPS) is 14.5. The summed E-state index contributed by atoms with van der Waals surface area (Å²) in [6.07, 6.45) is 0. The Labute approximate surface area is 123 Å². The quantitative estimate of drug-likeness (QED) is 0.672. The monoisotopic (exact) mass is 279 g/mol. The molecule has 0 aliphatic carbocycles. The number of para-hydroxylation sites is 2. The van der Waals surface area contributed by atoms with Gasteiger partial charge in [-0.25, -0.2) is 4.98 Å². The van der Waals surface area contributed by atoms with E-state index < -0.39 is 0 Å². The molecule has 1 aliphatic rings. The van der Waals surface area contributed by atoms with Crippen LogP contribution in [0.1, 0.15) is 0 Å². The Kier molecular flexibility index (Phi) is 2.54. The van der Waals surface area contributed by atoms with Crippen LogP contribution in [0.15, 0.2) is 42.5 Å². The highest BCUT2D eigenvalue weighted by Gasteiger charge is 2.23. The number of nitrogens with two attached hydrogens (primary N) is 1. The number of likely N-dealkylation sites (N-methyl/N-ethyl adjacent to an activating group) is 1. The lowest BCUT2D eigenvalue weighted by molar-refractivity contribution is 0.808. The number of hydrogen-bond acceptors (Lipinski definition) is 4. The first kappa shape index (κ1) is 12.1. The van der Waals surface area contributed by atoms with E-state index in [0.717, 1.165) is 35.8 Å². The average Bonchev–Trinajstić information content (AvgIpc) is 2.90. The van der Waals surface area contributed by atoms with Gasteiger partial charge in [0, 0.05) is 25.8 Å². The van der Waals surface area contributed by atoms with Gasteiger partial charge in [-0.2, -0.15) is 0 Å². The molecule has 2 aromatic carbocycles. The number of nitrogens with one attached hydrogen (secondary N) is 1. The molecule has 0 amide bonds. The molecule has 0 bridgehead atoms. The molecule has 0 radical (unpaired) electrons. The van der Waals surface area contributed by atoms with Gasteiger partial charge in [0.15, 0.2) is 0 Å². The molecule has 0 fully saturated rings. The van der Waals surface area contributed by atoms with Gasteiger partial charge >= 0.3 is 0 Å². The van der Waals surface area contributed by atoms with Gasteiger partial charge in [-0.15, -0.1) is 0 Å². The summed E-state index contributed by atoms with van der Waals surface area (Å²) in [7, 11) is 2.12. The molecule has 106 valence electrons. The Morgan fingerprint density at radius 1 is 1.10 bits per heavy atom. The van der Waals surface area contributed by atoms with E-state index in [4.69, 9.17) is 10.7 Å². The molecule has 3 N–H and O–H groups in total. The first-order valence-corrected chi connectivity index (χ1v) is 7.05. The summed E-state index contributed by atoms with van der Waals surface area (Å²) in [6.45, 7) is 1.87. The van der Waals surface area contributed by atoms with E-state index in [1.165, 1.54) is 11.4 Å². The lowest BCUT2D eigenvalue weighted by atomic mass is 10.2. The number of hydrogen-bond donors (Lipinski definition) is 2. The predicted molar refractivity (Wildman–Crippen MR) is 87.2 cm³/mol. The van der Waals surface area contributed by atoms with E-state index in [1.807, 2.05) is 18.2 Å². The van der Waals surface area contributed by atoms with Crippen molar-refractivity contribution in [3.63, 3.8) is 0 Å². The fraction of sp³-hybridized carbons (Fsp3) is 0.188. The number of fused-ring (bicyclic) bond motifs is 2.